The maximum atomic E-state index is 11.1. The van der Waals surface area contributed by atoms with Crippen molar-refractivity contribution in [3.05, 3.63) is 70.2 Å². The van der Waals surface area contributed by atoms with Crippen LogP contribution in [0, 0.1) is 0 Å². The highest BCUT2D eigenvalue weighted by molar-refractivity contribution is 6.30. The predicted molar refractivity (Wildman–Crippen MR) is 81.7 cm³/mol. The van der Waals surface area contributed by atoms with Crippen molar-refractivity contribution >= 4 is 17.5 Å². The minimum atomic E-state index is -0.405. The first kappa shape index (κ1) is 14.6. The summed E-state index contributed by atoms with van der Waals surface area (Å²) in [5.74, 6) is -0.405. The van der Waals surface area contributed by atoms with E-state index in [2.05, 4.69) is 12.2 Å². The lowest BCUT2D eigenvalue weighted by atomic mass is 10.1. The Hall–Kier alpha value is -1.84. The second-order valence-electron chi connectivity index (χ2n) is 4.72. The zero-order chi connectivity index (χ0) is 14.5. The fourth-order valence-corrected chi connectivity index (χ4v) is 2.10. The van der Waals surface area contributed by atoms with Crippen molar-refractivity contribution in [2.75, 3.05) is 0 Å². The maximum absolute atomic E-state index is 11.1. The van der Waals surface area contributed by atoms with E-state index in [1.807, 2.05) is 42.5 Å². The molecule has 0 bridgehead atoms. The van der Waals surface area contributed by atoms with Crippen LogP contribution >= 0.6 is 11.6 Å². The summed E-state index contributed by atoms with van der Waals surface area (Å²) in [5.41, 5.74) is 8.00. The summed E-state index contributed by atoms with van der Waals surface area (Å²) in [4.78, 5) is 11.1. The van der Waals surface area contributed by atoms with Gasteiger partial charge in [0.05, 0.1) is 0 Å². The number of hydrogen-bond donors (Lipinski definition) is 2. The first-order valence-electron chi connectivity index (χ1n) is 6.44. The molecule has 0 saturated carbocycles. The van der Waals surface area contributed by atoms with Crippen LogP contribution in [0.1, 0.15) is 34.5 Å². The summed E-state index contributed by atoms with van der Waals surface area (Å²) >= 11 is 5.87. The highest BCUT2D eigenvalue weighted by Crippen LogP contribution is 2.16. The van der Waals surface area contributed by atoms with Crippen molar-refractivity contribution in [2.45, 2.75) is 19.5 Å². The molecular formula is C16H17ClN2O. The van der Waals surface area contributed by atoms with Crippen LogP contribution in [-0.4, -0.2) is 5.91 Å². The Morgan fingerprint density at radius 1 is 1.25 bits per heavy atom. The van der Waals surface area contributed by atoms with Gasteiger partial charge in [0.2, 0.25) is 5.91 Å². The normalized spacial score (nSPS) is 12.1. The quantitative estimate of drug-likeness (QED) is 0.887. The first-order valence-corrected chi connectivity index (χ1v) is 6.81. The fourth-order valence-electron chi connectivity index (χ4n) is 1.97. The molecule has 0 unspecified atom stereocenters. The van der Waals surface area contributed by atoms with Gasteiger partial charge in [-0.2, -0.15) is 0 Å². The average molecular weight is 289 g/mol. The molecule has 0 aliphatic heterocycles. The molecule has 0 heterocycles. The second-order valence-corrected chi connectivity index (χ2v) is 5.16. The van der Waals surface area contributed by atoms with E-state index in [0.29, 0.717) is 12.1 Å². The van der Waals surface area contributed by atoms with E-state index in [9.17, 15) is 4.79 Å². The van der Waals surface area contributed by atoms with Crippen molar-refractivity contribution in [2.24, 2.45) is 5.73 Å². The molecule has 0 aliphatic carbocycles. The molecule has 3 N–H and O–H groups in total. The third-order valence-corrected chi connectivity index (χ3v) is 3.45. The van der Waals surface area contributed by atoms with E-state index >= 15 is 0 Å². The number of benzene rings is 2. The van der Waals surface area contributed by atoms with Crippen LogP contribution in [0.4, 0.5) is 0 Å². The number of rotatable bonds is 5. The van der Waals surface area contributed by atoms with Crippen molar-refractivity contribution in [1.29, 1.82) is 0 Å². The van der Waals surface area contributed by atoms with E-state index < -0.39 is 5.91 Å². The van der Waals surface area contributed by atoms with Crippen molar-refractivity contribution in [1.82, 2.24) is 5.32 Å². The zero-order valence-electron chi connectivity index (χ0n) is 11.3. The molecule has 1 amide bonds. The Bertz CT molecular complexity index is 596. The molecule has 0 fully saturated rings. The van der Waals surface area contributed by atoms with Gasteiger partial charge in [0.15, 0.2) is 0 Å². The van der Waals surface area contributed by atoms with Gasteiger partial charge in [0.25, 0.3) is 0 Å². The molecular weight excluding hydrogens is 272 g/mol. The van der Waals surface area contributed by atoms with E-state index in [-0.39, 0.29) is 6.04 Å². The Labute approximate surface area is 123 Å². The van der Waals surface area contributed by atoms with Crippen molar-refractivity contribution in [3.8, 4) is 0 Å². The number of nitrogens with one attached hydrogen (secondary N) is 1. The second kappa shape index (κ2) is 6.55. The molecule has 0 aliphatic rings. The topological polar surface area (TPSA) is 55.1 Å². The smallest absolute Gasteiger partial charge is 0.248 e. The molecule has 0 radical (unpaired) electrons. The Kier molecular flexibility index (Phi) is 4.77. The highest BCUT2D eigenvalue weighted by Gasteiger charge is 2.06. The average Bonchev–Trinajstić information content (AvgIpc) is 2.46. The lowest BCUT2D eigenvalue weighted by molar-refractivity contribution is 0.1000. The largest absolute Gasteiger partial charge is 0.366 e. The standard InChI is InChI=1S/C16H17ClN2O/c1-11(13-5-7-15(17)8-6-13)19-10-12-3-2-4-14(9-12)16(18)20/h2-9,11,19H,10H2,1H3,(H2,18,20)/t11-/m0/s1. The van der Waals surface area contributed by atoms with Crippen molar-refractivity contribution in [3.63, 3.8) is 0 Å². The maximum Gasteiger partial charge on any atom is 0.248 e. The van der Waals surface area contributed by atoms with E-state index in [4.69, 9.17) is 17.3 Å². The van der Waals surface area contributed by atoms with Gasteiger partial charge in [-0.25, -0.2) is 0 Å². The van der Waals surface area contributed by atoms with Crippen LogP contribution < -0.4 is 11.1 Å². The van der Waals surface area contributed by atoms with Gasteiger partial charge in [0, 0.05) is 23.2 Å². The van der Waals surface area contributed by atoms with E-state index in [0.717, 1.165) is 10.6 Å². The van der Waals surface area contributed by atoms with Gasteiger partial charge in [-0.3, -0.25) is 4.79 Å². The minimum absolute atomic E-state index is 0.199. The summed E-state index contributed by atoms with van der Waals surface area (Å²) < 4.78 is 0. The zero-order valence-corrected chi connectivity index (χ0v) is 12.0. The van der Waals surface area contributed by atoms with Crippen LogP contribution in [0.2, 0.25) is 5.02 Å². The van der Waals surface area contributed by atoms with Crippen molar-refractivity contribution < 1.29 is 4.79 Å². The molecule has 0 saturated heterocycles. The third-order valence-electron chi connectivity index (χ3n) is 3.19. The monoisotopic (exact) mass is 288 g/mol. The Balaban J connectivity index is 1.99. The molecule has 4 heteroatoms. The molecule has 1 atom stereocenters. The minimum Gasteiger partial charge on any atom is -0.366 e. The summed E-state index contributed by atoms with van der Waals surface area (Å²) in [6.07, 6.45) is 0. The Morgan fingerprint density at radius 2 is 1.95 bits per heavy atom. The van der Waals surface area contributed by atoms with E-state index in [1.165, 1.54) is 5.56 Å². The molecule has 2 aromatic rings. The van der Waals surface area contributed by atoms with Gasteiger partial charge in [-0.1, -0.05) is 35.9 Å². The molecule has 104 valence electrons. The summed E-state index contributed by atoms with van der Waals surface area (Å²) in [6.45, 7) is 2.76. The molecule has 3 nitrogen and oxygen atoms in total. The van der Waals surface area contributed by atoms with Gasteiger partial charge >= 0.3 is 0 Å². The number of nitrogens with two attached hydrogens (primary N) is 1. The Morgan fingerprint density at radius 3 is 2.60 bits per heavy atom. The fraction of sp³-hybridized carbons (Fsp3) is 0.188. The number of hydrogen-bond acceptors (Lipinski definition) is 2. The lowest BCUT2D eigenvalue weighted by Gasteiger charge is -2.14. The summed E-state index contributed by atoms with van der Waals surface area (Å²) in [5, 5.41) is 4.14. The number of halogens is 1. The van der Waals surface area contributed by atoms with Crippen LogP contribution in [0.25, 0.3) is 0 Å². The SMILES string of the molecule is C[C@H](NCc1cccc(C(N)=O)c1)c1ccc(Cl)cc1. The van der Waals surface area contributed by atoms with Gasteiger partial charge in [-0.15, -0.1) is 0 Å². The van der Waals surface area contributed by atoms with Crippen LogP contribution in [-0.2, 0) is 6.54 Å². The third kappa shape index (κ3) is 3.83. The van der Waals surface area contributed by atoms with Crippen LogP contribution in [0.15, 0.2) is 48.5 Å². The van der Waals surface area contributed by atoms with Crippen LogP contribution in [0.5, 0.6) is 0 Å². The number of carbonyl (C=O) groups excluding carboxylic acids is 1. The number of carbonyl (C=O) groups is 1. The van der Waals surface area contributed by atoms with Crippen LogP contribution in [0.3, 0.4) is 0 Å². The molecule has 20 heavy (non-hydrogen) atoms. The van der Waals surface area contributed by atoms with E-state index in [1.54, 1.807) is 6.07 Å². The molecule has 0 aromatic heterocycles. The number of amides is 1. The van der Waals surface area contributed by atoms with Gasteiger partial charge < -0.3 is 11.1 Å². The molecule has 0 spiro atoms. The number of primary amides is 1. The summed E-state index contributed by atoms with van der Waals surface area (Å²) in [7, 11) is 0. The summed E-state index contributed by atoms with van der Waals surface area (Å²) in [6, 6.07) is 15.3. The van der Waals surface area contributed by atoms with Gasteiger partial charge in [-0.05, 0) is 42.3 Å². The highest BCUT2D eigenvalue weighted by atomic mass is 35.5. The molecule has 2 aromatic carbocycles. The first-order chi connectivity index (χ1) is 9.56. The lowest BCUT2D eigenvalue weighted by Crippen LogP contribution is -2.18. The van der Waals surface area contributed by atoms with Gasteiger partial charge in [0.1, 0.15) is 0 Å². The predicted octanol–water partition coefficient (Wildman–Crippen LogP) is 3.29. The molecule has 2 rings (SSSR count).